The second kappa shape index (κ2) is 8.75. The molecule has 0 aliphatic rings. The van der Waals surface area contributed by atoms with Gasteiger partial charge in [0.25, 0.3) is 5.69 Å². The monoisotopic (exact) mass is 340 g/mol. The third kappa shape index (κ3) is 4.61. The number of benzene rings is 1. The van der Waals surface area contributed by atoms with Crippen LogP contribution in [0.1, 0.15) is 39.5 Å². The molecule has 0 unspecified atom stereocenters. The Labute approximate surface area is 138 Å². The first kappa shape index (κ1) is 19.3. The summed E-state index contributed by atoms with van der Waals surface area (Å²) in [7, 11) is 0. The molecule has 0 N–H and O–H groups in total. The van der Waals surface area contributed by atoms with Crippen molar-refractivity contribution in [3.63, 3.8) is 0 Å². The lowest BCUT2D eigenvalue weighted by Crippen LogP contribution is -2.27. The molecular weight excluding hydrogens is 320 g/mol. The molecule has 0 fully saturated rings. The minimum Gasteiger partial charge on any atom is -0.360 e. The smallest absolute Gasteiger partial charge is 0.306 e. The maximum Gasteiger partial charge on any atom is 0.306 e. The molecule has 0 heterocycles. The van der Waals surface area contributed by atoms with Crippen molar-refractivity contribution >= 4 is 22.7 Å². The molecular formula is C14H20N4O6. The normalized spacial score (nSPS) is 10.4. The lowest BCUT2D eigenvalue weighted by molar-refractivity contribution is -0.402. The van der Waals surface area contributed by atoms with E-state index in [1.165, 1.54) is 0 Å². The SMILES string of the molecule is CCCCN(CCCC)c1c([N+](=O)[O-])cc([N+](=O)[O-])cc1[N+](=O)[O-]. The van der Waals surface area contributed by atoms with Crippen LogP contribution in [0.2, 0.25) is 0 Å². The van der Waals surface area contributed by atoms with Crippen molar-refractivity contribution in [3.05, 3.63) is 42.5 Å². The standard InChI is InChI=1S/C14H20N4O6/c1-3-5-7-15(8-6-4-2)14-12(17(21)22)9-11(16(19)20)10-13(14)18(23)24/h9-10H,3-8H2,1-2H3. The van der Waals surface area contributed by atoms with Gasteiger partial charge in [0.05, 0.1) is 26.9 Å². The Kier molecular flexibility index (Phi) is 7.02. The van der Waals surface area contributed by atoms with Gasteiger partial charge in [-0.2, -0.15) is 0 Å². The van der Waals surface area contributed by atoms with Gasteiger partial charge in [-0.25, -0.2) is 0 Å². The van der Waals surface area contributed by atoms with Crippen LogP contribution in [-0.2, 0) is 0 Å². The number of nitrogens with zero attached hydrogens (tertiary/aromatic N) is 4. The lowest BCUT2D eigenvalue weighted by Gasteiger charge is -2.23. The summed E-state index contributed by atoms with van der Waals surface area (Å²) in [4.78, 5) is 32.7. The van der Waals surface area contributed by atoms with E-state index in [2.05, 4.69) is 0 Å². The zero-order valence-electron chi connectivity index (χ0n) is 13.6. The first-order valence-electron chi connectivity index (χ1n) is 7.69. The molecule has 0 saturated carbocycles. The summed E-state index contributed by atoms with van der Waals surface area (Å²) in [5.74, 6) is 0. The largest absolute Gasteiger partial charge is 0.360 e. The van der Waals surface area contributed by atoms with Crippen LogP contribution in [0.25, 0.3) is 0 Å². The molecule has 24 heavy (non-hydrogen) atoms. The van der Waals surface area contributed by atoms with E-state index in [1.54, 1.807) is 4.90 Å². The maximum atomic E-state index is 11.4. The molecule has 10 heteroatoms. The third-order valence-corrected chi connectivity index (χ3v) is 3.54. The number of nitro benzene ring substituents is 3. The first-order chi connectivity index (χ1) is 11.3. The number of nitro groups is 3. The Hall–Kier alpha value is -2.78. The van der Waals surface area contributed by atoms with E-state index in [-0.39, 0.29) is 5.69 Å². The third-order valence-electron chi connectivity index (χ3n) is 3.54. The van der Waals surface area contributed by atoms with Crippen LogP contribution in [0.5, 0.6) is 0 Å². The van der Waals surface area contributed by atoms with Gasteiger partial charge in [0.2, 0.25) is 0 Å². The van der Waals surface area contributed by atoms with Crippen LogP contribution in [0.3, 0.4) is 0 Å². The van der Waals surface area contributed by atoms with Crippen molar-refractivity contribution in [1.82, 2.24) is 0 Å². The number of non-ortho nitro benzene ring substituents is 1. The summed E-state index contributed by atoms with van der Waals surface area (Å²) in [6.45, 7) is 4.71. The van der Waals surface area contributed by atoms with Gasteiger partial charge in [-0.15, -0.1) is 0 Å². The van der Waals surface area contributed by atoms with Gasteiger partial charge >= 0.3 is 11.4 Å². The zero-order valence-corrected chi connectivity index (χ0v) is 13.6. The van der Waals surface area contributed by atoms with Gasteiger partial charge in [-0.3, -0.25) is 30.3 Å². The van der Waals surface area contributed by atoms with Gasteiger partial charge in [0.15, 0.2) is 5.69 Å². The molecule has 1 aromatic carbocycles. The zero-order chi connectivity index (χ0) is 18.3. The number of hydrogen-bond acceptors (Lipinski definition) is 7. The van der Waals surface area contributed by atoms with Crippen LogP contribution >= 0.6 is 0 Å². The van der Waals surface area contributed by atoms with E-state index in [1.807, 2.05) is 13.8 Å². The molecule has 132 valence electrons. The van der Waals surface area contributed by atoms with E-state index < -0.39 is 31.8 Å². The molecule has 0 bridgehead atoms. The Morgan fingerprint density at radius 2 is 1.25 bits per heavy atom. The predicted molar refractivity (Wildman–Crippen MR) is 88.4 cm³/mol. The van der Waals surface area contributed by atoms with Crippen molar-refractivity contribution in [1.29, 1.82) is 0 Å². The molecule has 0 radical (unpaired) electrons. The van der Waals surface area contributed by atoms with Crippen LogP contribution in [0.4, 0.5) is 22.7 Å². The maximum absolute atomic E-state index is 11.4. The molecule has 1 aromatic rings. The van der Waals surface area contributed by atoms with Crippen LogP contribution < -0.4 is 4.90 Å². The fraction of sp³-hybridized carbons (Fsp3) is 0.571. The summed E-state index contributed by atoms with van der Waals surface area (Å²) < 4.78 is 0. The minimum absolute atomic E-state index is 0.155. The minimum atomic E-state index is -0.869. The summed E-state index contributed by atoms with van der Waals surface area (Å²) in [5.41, 5.74) is -2.04. The number of anilines is 1. The Bertz CT molecular complexity index is 591. The highest BCUT2D eigenvalue weighted by atomic mass is 16.6. The predicted octanol–water partition coefficient (Wildman–Crippen LogP) is 3.82. The molecule has 0 saturated heterocycles. The van der Waals surface area contributed by atoms with Crippen molar-refractivity contribution in [2.75, 3.05) is 18.0 Å². The van der Waals surface area contributed by atoms with Crippen LogP contribution in [-0.4, -0.2) is 27.9 Å². The summed E-state index contributed by atoms with van der Waals surface area (Å²) in [5, 5.41) is 33.6. The molecule has 0 atom stereocenters. The highest BCUT2D eigenvalue weighted by molar-refractivity contribution is 5.78. The lowest BCUT2D eigenvalue weighted by atomic mass is 10.1. The summed E-state index contributed by atoms with van der Waals surface area (Å²) in [6, 6.07) is 1.57. The average Bonchev–Trinajstić information content (AvgIpc) is 2.53. The molecule has 1 rings (SSSR count). The summed E-state index contributed by atoms with van der Waals surface area (Å²) >= 11 is 0. The van der Waals surface area contributed by atoms with Gasteiger partial charge < -0.3 is 4.90 Å². The molecule has 0 aliphatic carbocycles. The molecule has 0 aromatic heterocycles. The van der Waals surface area contributed by atoms with Crippen molar-refractivity contribution in [2.45, 2.75) is 39.5 Å². The molecule has 0 aliphatic heterocycles. The Morgan fingerprint density at radius 1 is 0.833 bits per heavy atom. The number of hydrogen-bond donors (Lipinski definition) is 0. The van der Waals surface area contributed by atoms with E-state index in [9.17, 15) is 30.3 Å². The van der Waals surface area contributed by atoms with Gasteiger partial charge in [0.1, 0.15) is 0 Å². The van der Waals surface area contributed by atoms with Gasteiger partial charge in [-0.1, -0.05) is 26.7 Å². The Balaban J connectivity index is 3.56. The fourth-order valence-corrected chi connectivity index (χ4v) is 2.33. The Morgan fingerprint density at radius 3 is 1.54 bits per heavy atom. The highest BCUT2D eigenvalue weighted by Gasteiger charge is 2.33. The van der Waals surface area contributed by atoms with Crippen LogP contribution in [0.15, 0.2) is 12.1 Å². The molecule has 10 nitrogen and oxygen atoms in total. The van der Waals surface area contributed by atoms with Gasteiger partial charge in [-0.05, 0) is 12.8 Å². The van der Waals surface area contributed by atoms with Crippen molar-refractivity contribution in [2.24, 2.45) is 0 Å². The molecule has 0 amide bonds. The van der Waals surface area contributed by atoms with Crippen molar-refractivity contribution < 1.29 is 14.8 Å². The average molecular weight is 340 g/mol. The first-order valence-corrected chi connectivity index (χ1v) is 7.69. The van der Waals surface area contributed by atoms with E-state index >= 15 is 0 Å². The van der Waals surface area contributed by atoms with Crippen molar-refractivity contribution in [3.8, 4) is 0 Å². The van der Waals surface area contributed by atoms with E-state index in [0.717, 1.165) is 25.0 Å². The van der Waals surface area contributed by atoms with E-state index in [4.69, 9.17) is 0 Å². The number of rotatable bonds is 10. The fourth-order valence-electron chi connectivity index (χ4n) is 2.33. The molecule has 0 spiro atoms. The summed E-state index contributed by atoms with van der Waals surface area (Å²) in [6.07, 6.45) is 3.04. The second-order valence-electron chi connectivity index (χ2n) is 5.30. The van der Waals surface area contributed by atoms with Gasteiger partial charge in [0, 0.05) is 13.1 Å². The van der Waals surface area contributed by atoms with Crippen LogP contribution in [0, 0.1) is 30.3 Å². The second-order valence-corrected chi connectivity index (χ2v) is 5.30. The van der Waals surface area contributed by atoms with E-state index in [0.29, 0.717) is 25.9 Å². The topological polar surface area (TPSA) is 133 Å². The quantitative estimate of drug-likeness (QED) is 0.467. The number of unbranched alkanes of at least 4 members (excludes halogenated alkanes) is 2. The highest BCUT2D eigenvalue weighted by Crippen LogP contribution is 2.41.